The van der Waals surface area contributed by atoms with E-state index in [1.54, 1.807) is 6.07 Å². The van der Waals surface area contributed by atoms with Gasteiger partial charge in [0.2, 0.25) is 0 Å². The van der Waals surface area contributed by atoms with E-state index in [1.165, 1.54) is 95.6 Å². The van der Waals surface area contributed by atoms with Gasteiger partial charge >= 0.3 is 29.6 Å². The second kappa shape index (κ2) is 15.4. The number of aromatic amines is 1. The minimum absolute atomic E-state index is 0. The van der Waals surface area contributed by atoms with Crippen LogP contribution in [0.15, 0.2) is 23.1 Å². The molecule has 2 N–H and O–H groups in total. The van der Waals surface area contributed by atoms with Crippen LogP contribution in [0, 0.1) is 0 Å². The Kier molecular flexibility index (Phi) is 14.2. The maximum atomic E-state index is 11.2. The molecule has 0 spiro atoms. The fourth-order valence-corrected chi connectivity index (χ4v) is 4.30. The molecule has 5 nitrogen and oxygen atoms in total. The van der Waals surface area contributed by atoms with Crippen LogP contribution in [0.25, 0.3) is 11.0 Å². The molecular formula is C23H39N2NaO3S. The first-order valence-electron chi connectivity index (χ1n) is 11.5. The number of hydrogen-bond donors (Lipinski definition) is 2. The summed E-state index contributed by atoms with van der Waals surface area (Å²) in [6, 6.07) is 4.46. The third-order valence-corrected chi connectivity index (χ3v) is 6.42. The van der Waals surface area contributed by atoms with Crippen molar-refractivity contribution in [3.8, 4) is 0 Å². The molecular weight excluding hydrogens is 407 g/mol. The zero-order chi connectivity index (χ0) is 21.0. The van der Waals surface area contributed by atoms with Crippen molar-refractivity contribution < 1.29 is 13.0 Å². The Labute approximate surface area is 204 Å². The van der Waals surface area contributed by atoms with Gasteiger partial charge in [0.05, 0.1) is 15.9 Å². The Morgan fingerprint density at radius 3 is 1.83 bits per heavy atom. The Bertz CT molecular complexity index is 821. The molecule has 7 heteroatoms. The standard InChI is InChI=1S/C23H38N2O3S.Na.H/c1-2-3-4-5-6-7-8-9-10-11-12-13-14-15-16-23-24-21-18-17-20(29(26,27)28)19-22(21)25-23;;/h17-19H,2-16H2,1H3,(H,24,25)(H,26,27,28);;. The molecule has 0 atom stereocenters. The van der Waals surface area contributed by atoms with E-state index in [1.807, 2.05) is 0 Å². The summed E-state index contributed by atoms with van der Waals surface area (Å²) in [5.74, 6) is 0.881. The first-order chi connectivity index (χ1) is 14.0. The molecule has 0 radical (unpaired) electrons. The molecule has 0 bridgehead atoms. The first-order valence-corrected chi connectivity index (χ1v) is 12.9. The zero-order valence-corrected chi connectivity index (χ0v) is 18.8. The van der Waals surface area contributed by atoms with Crippen molar-refractivity contribution in [1.29, 1.82) is 0 Å². The number of nitrogens with zero attached hydrogens (tertiary/aromatic N) is 1. The average Bonchev–Trinajstić information content (AvgIpc) is 3.09. The second-order valence-corrected chi connectivity index (χ2v) is 9.61. The number of H-pyrrole nitrogens is 1. The number of aryl methyl sites for hydroxylation is 1. The van der Waals surface area contributed by atoms with Gasteiger partial charge < -0.3 is 4.98 Å². The molecule has 0 aliphatic carbocycles. The summed E-state index contributed by atoms with van der Waals surface area (Å²) >= 11 is 0. The minimum atomic E-state index is -4.18. The van der Waals surface area contributed by atoms with Crippen molar-refractivity contribution in [2.45, 2.75) is 108 Å². The molecule has 0 saturated heterocycles. The molecule has 0 fully saturated rings. The summed E-state index contributed by atoms with van der Waals surface area (Å²) in [6.45, 7) is 2.27. The van der Waals surface area contributed by atoms with Crippen molar-refractivity contribution in [1.82, 2.24) is 9.97 Å². The topological polar surface area (TPSA) is 83.1 Å². The van der Waals surface area contributed by atoms with E-state index in [0.29, 0.717) is 5.52 Å². The van der Waals surface area contributed by atoms with Gasteiger partial charge in [-0.15, -0.1) is 0 Å². The van der Waals surface area contributed by atoms with E-state index in [9.17, 15) is 8.42 Å². The number of hydrogen-bond acceptors (Lipinski definition) is 3. The summed E-state index contributed by atoms with van der Waals surface area (Å²) in [4.78, 5) is 7.58. The number of fused-ring (bicyclic) bond motifs is 1. The summed E-state index contributed by atoms with van der Waals surface area (Å²) in [5, 5.41) is 0. The van der Waals surface area contributed by atoms with Gasteiger partial charge in [0.1, 0.15) is 5.82 Å². The normalized spacial score (nSPS) is 11.7. The summed E-state index contributed by atoms with van der Waals surface area (Å²) < 4.78 is 31.6. The average molecular weight is 447 g/mol. The molecule has 2 aromatic rings. The fourth-order valence-electron chi connectivity index (χ4n) is 3.80. The fraction of sp³-hybridized carbons (Fsp3) is 0.696. The number of nitrogens with one attached hydrogen (secondary N) is 1. The van der Waals surface area contributed by atoms with Crippen LogP contribution in [-0.4, -0.2) is 52.5 Å². The molecule has 30 heavy (non-hydrogen) atoms. The molecule has 2 rings (SSSR count). The predicted octanol–water partition coefficient (Wildman–Crippen LogP) is 6.18. The molecule has 0 aliphatic heterocycles. The van der Waals surface area contributed by atoms with Crippen LogP contribution in [0.1, 0.15) is 103 Å². The zero-order valence-electron chi connectivity index (χ0n) is 18.0. The summed E-state index contributed by atoms with van der Waals surface area (Å²) in [5.41, 5.74) is 1.39. The number of benzene rings is 1. The number of imidazole rings is 1. The van der Waals surface area contributed by atoms with E-state index in [2.05, 4.69) is 16.9 Å². The molecule has 1 aromatic carbocycles. The van der Waals surface area contributed by atoms with Crippen LogP contribution in [0.4, 0.5) is 0 Å². The van der Waals surface area contributed by atoms with Crippen molar-refractivity contribution in [2.75, 3.05) is 0 Å². The Balaban J connectivity index is 0.00000450. The summed E-state index contributed by atoms with van der Waals surface area (Å²) in [7, 11) is -4.18. The van der Waals surface area contributed by atoms with E-state index in [-0.39, 0.29) is 34.5 Å². The van der Waals surface area contributed by atoms with Crippen LogP contribution in [0.3, 0.4) is 0 Å². The van der Waals surface area contributed by atoms with Gasteiger partial charge in [-0.2, -0.15) is 8.42 Å². The molecule has 0 saturated carbocycles. The van der Waals surface area contributed by atoms with Gasteiger partial charge in [-0.3, -0.25) is 4.55 Å². The quantitative estimate of drug-likeness (QED) is 0.183. The number of rotatable bonds is 16. The van der Waals surface area contributed by atoms with Crippen LogP contribution >= 0.6 is 0 Å². The predicted molar refractivity (Wildman–Crippen MR) is 127 cm³/mol. The van der Waals surface area contributed by atoms with E-state index in [0.717, 1.165) is 24.2 Å². The molecule has 0 aliphatic rings. The number of unbranched alkanes of at least 4 members (excludes halogenated alkanes) is 13. The van der Waals surface area contributed by atoms with Crippen molar-refractivity contribution in [3.63, 3.8) is 0 Å². The van der Waals surface area contributed by atoms with E-state index >= 15 is 0 Å². The first kappa shape index (κ1) is 27.6. The molecule has 0 amide bonds. The third-order valence-electron chi connectivity index (χ3n) is 5.57. The van der Waals surface area contributed by atoms with E-state index in [4.69, 9.17) is 4.55 Å². The monoisotopic (exact) mass is 446 g/mol. The third kappa shape index (κ3) is 10.8. The van der Waals surface area contributed by atoms with Crippen molar-refractivity contribution in [2.24, 2.45) is 0 Å². The Morgan fingerprint density at radius 1 is 0.833 bits per heavy atom. The van der Waals surface area contributed by atoms with Gasteiger partial charge in [0.15, 0.2) is 0 Å². The van der Waals surface area contributed by atoms with E-state index < -0.39 is 10.1 Å². The molecule has 166 valence electrons. The van der Waals surface area contributed by atoms with Gasteiger partial charge in [0, 0.05) is 6.42 Å². The molecule has 1 aromatic heterocycles. The maximum absolute atomic E-state index is 11.2. The summed E-state index contributed by atoms with van der Waals surface area (Å²) in [6.07, 6.45) is 19.6. The van der Waals surface area contributed by atoms with Gasteiger partial charge in [0.25, 0.3) is 10.1 Å². The van der Waals surface area contributed by atoms with Crippen LogP contribution in [0.2, 0.25) is 0 Å². The van der Waals surface area contributed by atoms with Gasteiger partial charge in [-0.05, 0) is 24.6 Å². The van der Waals surface area contributed by atoms with Crippen LogP contribution in [-0.2, 0) is 16.5 Å². The van der Waals surface area contributed by atoms with Crippen LogP contribution in [0.5, 0.6) is 0 Å². The second-order valence-electron chi connectivity index (χ2n) is 8.18. The SMILES string of the molecule is CCCCCCCCCCCCCCCCc1nc2cc(S(=O)(=O)O)ccc2[nH]1.[NaH]. The Hall–Kier alpha value is -0.400. The molecule has 0 unspecified atom stereocenters. The Morgan fingerprint density at radius 2 is 1.33 bits per heavy atom. The van der Waals surface area contributed by atoms with Gasteiger partial charge in [-0.1, -0.05) is 90.4 Å². The number of aromatic nitrogens is 2. The molecule has 1 heterocycles. The van der Waals surface area contributed by atoms with Gasteiger partial charge in [-0.25, -0.2) is 4.98 Å². The van der Waals surface area contributed by atoms with Crippen LogP contribution < -0.4 is 0 Å². The van der Waals surface area contributed by atoms with Crippen molar-refractivity contribution in [3.05, 3.63) is 24.0 Å². The van der Waals surface area contributed by atoms with Crippen molar-refractivity contribution >= 4 is 50.7 Å².